The van der Waals surface area contributed by atoms with E-state index in [4.69, 9.17) is 5.73 Å². The van der Waals surface area contributed by atoms with Crippen molar-refractivity contribution in [2.75, 3.05) is 13.1 Å². The van der Waals surface area contributed by atoms with Crippen molar-refractivity contribution < 1.29 is 15.0 Å². The molecule has 0 radical (unpaired) electrons. The van der Waals surface area contributed by atoms with Gasteiger partial charge in [0.2, 0.25) is 5.91 Å². The van der Waals surface area contributed by atoms with Crippen LogP contribution in [-0.4, -0.2) is 29.2 Å². The highest BCUT2D eigenvalue weighted by Gasteiger charge is 2.07. The van der Waals surface area contributed by atoms with Crippen molar-refractivity contribution in [3.63, 3.8) is 0 Å². The maximum absolute atomic E-state index is 12.1. The third-order valence-electron chi connectivity index (χ3n) is 3.34. The Balaban J connectivity index is 1.97. The average molecular weight is 324 g/mol. The number of phenolic OH excluding ortho intramolecular Hbond substituents is 2. The fourth-order valence-electron chi connectivity index (χ4n) is 2.07. The summed E-state index contributed by atoms with van der Waals surface area (Å²) in [6.07, 6.45) is 5.35. The third kappa shape index (κ3) is 5.00. The largest absolute Gasteiger partial charge is 0.504 e. The van der Waals surface area contributed by atoms with Crippen molar-refractivity contribution in [1.82, 2.24) is 5.32 Å². The molecule has 0 heterocycles. The number of rotatable bonds is 6. The maximum Gasteiger partial charge on any atom is 0.248 e. The van der Waals surface area contributed by atoms with Crippen LogP contribution in [0.2, 0.25) is 0 Å². The normalized spacial score (nSPS) is 11.6. The van der Waals surface area contributed by atoms with Crippen LogP contribution in [0, 0.1) is 0 Å². The zero-order valence-electron chi connectivity index (χ0n) is 13.1. The van der Waals surface area contributed by atoms with Gasteiger partial charge in [0.15, 0.2) is 11.5 Å². The molecule has 0 spiro atoms. The van der Waals surface area contributed by atoms with Crippen LogP contribution in [0.25, 0.3) is 12.2 Å². The fourth-order valence-corrected chi connectivity index (χ4v) is 2.07. The van der Waals surface area contributed by atoms with Gasteiger partial charge in [0.05, 0.1) is 0 Å². The molecule has 0 aliphatic carbocycles. The van der Waals surface area contributed by atoms with Crippen LogP contribution >= 0.6 is 0 Å². The highest BCUT2D eigenvalue weighted by molar-refractivity contribution is 5.98. The lowest BCUT2D eigenvalue weighted by Crippen LogP contribution is -2.28. The third-order valence-corrected chi connectivity index (χ3v) is 3.34. The van der Waals surface area contributed by atoms with E-state index in [1.807, 2.05) is 42.5 Å². The topological polar surface area (TPSA) is 95.6 Å². The van der Waals surface area contributed by atoms with E-state index in [1.54, 1.807) is 12.1 Å². The number of hydrogen-bond donors (Lipinski definition) is 4. The number of nitrogens with one attached hydrogen (secondary N) is 1. The smallest absolute Gasteiger partial charge is 0.248 e. The Morgan fingerprint density at radius 3 is 2.46 bits per heavy atom. The number of carbonyl (C=O) groups is 1. The second-order valence-electron chi connectivity index (χ2n) is 5.14. The second kappa shape index (κ2) is 8.55. The maximum atomic E-state index is 12.1. The highest BCUT2D eigenvalue weighted by Crippen LogP contribution is 2.25. The lowest BCUT2D eigenvalue weighted by atomic mass is 10.1. The molecule has 0 fully saturated rings. The minimum absolute atomic E-state index is 0.0653. The van der Waals surface area contributed by atoms with E-state index in [2.05, 4.69) is 5.32 Å². The molecule has 0 saturated carbocycles. The molecule has 5 N–H and O–H groups in total. The lowest BCUT2D eigenvalue weighted by molar-refractivity contribution is -0.117. The summed E-state index contributed by atoms with van der Waals surface area (Å²) in [6.45, 7) is 0.446. The first-order valence-corrected chi connectivity index (χ1v) is 7.52. The number of aromatic hydroxyl groups is 2. The summed E-state index contributed by atoms with van der Waals surface area (Å²) in [7, 11) is 0. The van der Waals surface area contributed by atoms with Gasteiger partial charge in [-0.3, -0.25) is 4.79 Å². The molecule has 0 aromatic heterocycles. The summed E-state index contributed by atoms with van der Waals surface area (Å²) < 4.78 is 0. The predicted molar refractivity (Wildman–Crippen MR) is 95.3 cm³/mol. The Morgan fingerprint density at radius 2 is 1.79 bits per heavy atom. The van der Waals surface area contributed by atoms with Crippen LogP contribution in [0.5, 0.6) is 11.5 Å². The van der Waals surface area contributed by atoms with E-state index in [9.17, 15) is 15.0 Å². The summed E-state index contributed by atoms with van der Waals surface area (Å²) in [4.78, 5) is 12.1. The van der Waals surface area contributed by atoms with E-state index >= 15 is 0 Å². The molecule has 0 bridgehead atoms. The molecule has 0 aliphatic rings. The molecule has 2 aromatic carbocycles. The minimum atomic E-state index is -0.275. The Labute approximate surface area is 140 Å². The van der Waals surface area contributed by atoms with Gasteiger partial charge in [0, 0.05) is 18.7 Å². The lowest BCUT2D eigenvalue weighted by Gasteiger charge is -2.06. The Morgan fingerprint density at radius 1 is 1.04 bits per heavy atom. The van der Waals surface area contributed by atoms with Crippen LogP contribution in [0.1, 0.15) is 11.1 Å². The van der Waals surface area contributed by atoms with Gasteiger partial charge in [-0.05, 0) is 29.3 Å². The second-order valence-corrected chi connectivity index (χ2v) is 5.14. The van der Waals surface area contributed by atoms with Gasteiger partial charge in [-0.2, -0.15) is 0 Å². The van der Waals surface area contributed by atoms with Crippen molar-refractivity contribution in [3.05, 3.63) is 71.3 Å². The van der Waals surface area contributed by atoms with Gasteiger partial charge in [0.25, 0.3) is 0 Å². The fraction of sp³-hybridized carbons (Fsp3) is 0.105. The molecule has 2 aromatic rings. The average Bonchev–Trinajstić information content (AvgIpc) is 2.60. The minimum Gasteiger partial charge on any atom is -0.504 e. The molecular formula is C19H20N2O3. The molecule has 124 valence electrons. The number of carbonyl (C=O) groups excluding carboxylic acids is 1. The molecule has 5 heteroatoms. The summed E-state index contributed by atoms with van der Waals surface area (Å²) in [5, 5.41) is 21.5. The standard InChI is InChI=1S/C19H20N2O3/c20-13-16(11-15-8-9-17(22)18(23)12-15)19(24)21-10-4-7-14-5-2-1-3-6-14/h1-9,11-12,22-23H,10,13,20H2,(H,21,24)/b7-4+,16-11+. The first kappa shape index (κ1) is 17.3. The summed E-state index contributed by atoms with van der Waals surface area (Å²) in [6, 6.07) is 14.1. The molecule has 5 nitrogen and oxygen atoms in total. The van der Waals surface area contributed by atoms with E-state index in [0.29, 0.717) is 17.7 Å². The first-order chi connectivity index (χ1) is 11.6. The Kier molecular flexibility index (Phi) is 6.16. The van der Waals surface area contributed by atoms with E-state index in [-0.39, 0.29) is 24.0 Å². The molecular weight excluding hydrogens is 304 g/mol. The first-order valence-electron chi connectivity index (χ1n) is 7.52. The molecule has 0 unspecified atom stereocenters. The monoisotopic (exact) mass is 324 g/mol. The molecule has 0 atom stereocenters. The summed E-state index contributed by atoms with van der Waals surface area (Å²) in [5.74, 6) is -0.731. The van der Waals surface area contributed by atoms with E-state index in [0.717, 1.165) is 5.56 Å². The number of amides is 1. The summed E-state index contributed by atoms with van der Waals surface area (Å²) in [5.41, 5.74) is 7.65. The molecule has 0 saturated heterocycles. The van der Waals surface area contributed by atoms with Gasteiger partial charge in [0.1, 0.15) is 0 Å². The molecule has 2 rings (SSSR count). The van der Waals surface area contributed by atoms with Gasteiger partial charge in [-0.1, -0.05) is 48.6 Å². The van der Waals surface area contributed by atoms with E-state index in [1.165, 1.54) is 12.1 Å². The van der Waals surface area contributed by atoms with Gasteiger partial charge >= 0.3 is 0 Å². The van der Waals surface area contributed by atoms with Gasteiger partial charge in [-0.15, -0.1) is 0 Å². The van der Waals surface area contributed by atoms with Crippen molar-refractivity contribution in [1.29, 1.82) is 0 Å². The Bertz CT molecular complexity index is 752. The zero-order valence-corrected chi connectivity index (χ0v) is 13.1. The van der Waals surface area contributed by atoms with Gasteiger partial charge in [-0.25, -0.2) is 0 Å². The highest BCUT2D eigenvalue weighted by atomic mass is 16.3. The van der Waals surface area contributed by atoms with Crippen LogP contribution in [-0.2, 0) is 4.79 Å². The van der Waals surface area contributed by atoms with Crippen molar-refractivity contribution in [2.45, 2.75) is 0 Å². The number of phenols is 2. The molecule has 1 amide bonds. The quantitative estimate of drug-likeness (QED) is 0.484. The van der Waals surface area contributed by atoms with Crippen LogP contribution in [0.15, 0.2) is 60.2 Å². The van der Waals surface area contributed by atoms with Crippen molar-refractivity contribution >= 4 is 18.1 Å². The van der Waals surface area contributed by atoms with Crippen LogP contribution < -0.4 is 11.1 Å². The van der Waals surface area contributed by atoms with Crippen molar-refractivity contribution in [2.24, 2.45) is 5.73 Å². The molecule has 0 aliphatic heterocycles. The van der Waals surface area contributed by atoms with Crippen LogP contribution in [0.4, 0.5) is 0 Å². The predicted octanol–water partition coefficient (Wildman–Crippen LogP) is 2.27. The van der Waals surface area contributed by atoms with E-state index < -0.39 is 0 Å². The zero-order chi connectivity index (χ0) is 17.4. The number of nitrogens with two attached hydrogens (primary N) is 1. The number of hydrogen-bond acceptors (Lipinski definition) is 4. The summed E-state index contributed by atoms with van der Waals surface area (Å²) >= 11 is 0. The SMILES string of the molecule is NC/C(=C\c1ccc(O)c(O)c1)C(=O)NC/C=C/c1ccccc1. The number of benzene rings is 2. The van der Waals surface area contributed by atoms with Crippen LogP contribution in [0.3, 0.4) is 0 Å². The van der Waals surface area contributed by atoms with Crippen molar-refractivity contribution in [3.8, 4) is 11.5 Å². The molecule has 24 heavy (non-hydrogen) atoms. The van der Waals surface area contributed by atoms with Gasteiger partial charge < -0.3 is 21.3 Å². The Hall–Kier alpha value is -3.05.